The van der Waals surface area contributed by atoms with Gasteiger partial charge < -0.3 is 9.30 Å². The van der Waals surface area contributed by atoms with Gasteiger partial charge in [0, 0.05) is 12.3 Å². The number of esters is 1. The second-order valence-corrected chi connectivity index (χ2v) is 4.08. The number of ether oxygens (including phenoxy) is 1. The molecule has 0 spiro atoms. The quantitative estimate of drug-likeness (QED) is 0.788. The monoisotopic (exact) mass is 257 g/mol. The van der Waals surface area contributed by atoms with Crippen LogP contribution in [0.1, 0.15) is 22.8 Å². The Balaban J connectivity index is 2.13. The van der Waals surface area contributed by atoms with Gasteiger partial charge in [0.15, 0.2) is 0 Å². The molecule has 0 aliphatic carbocycles. The molecule has 2 aromatic rings. The zero-order valence-corrected chi connectivity index (χ0v) is 10.7. The Kier molecular flexibility index (Phi) is 4.13. The zero-order valence-electron chi connectivity index (χ0n) is 10.7. The Morgan fingerprint density at radius 1 is 1.16 bits per heavy atom. The molecule has 4 nitrogen and oxygen atoms in total. The van der Waals surface area contributed by atoms with Gasteiger partial charge in [-0.2, -0.15) is 0 Å². The molecule has 98 valence electrons. The normalized spacial score (nSPS) is 10.2. The third kappa shape index (κ3) is 3.31. The molecule has 0 radical (unpaired) electrons. The maximum atomic E-state index is 11.6. The Morgan fingerprint density at radius 3 is 2.53 bits per heavy atom. The predicted molar refractivity (Wildman–Crippen MR) is 72.2 cm³/mol. The second kappa shape index (κ2) is 6.00. The first kappa shape index (κ1) is 13.1. The van der Waals surface area contributed by atoms with E-state index in [0.717, 1.165) is 5.56 Å². The maximum Gasteiger partial charge on any atom is 0.338 e. The lowest BCUT2D eigenvalue weighted by atomic mass is 10.1. The van der Waals surface area contributed by atoms with E-state index in [4.69, 9.17) is 4.74 Å². The summed E-state index contributed by atoms with van der Waals surface area (Å²) in [6.07, 6.45) is 1.74. The molecule has 0 amide bonds. The molecule has 0 saturated carbocycles. The zero-order chi connectivity index (χ0) is 13.7. The molecule has 0 atom stereocenters. The molecule has 0 aliphatic heterocycles. The summed E-state index contributed by atoms with van der Waals surface area (Å²) in [7, 11) is 0. The van der Waals surface area contributed by atoms with Gasteiger partial charge in [-0.15, -0.1) is 0 Å². The molecule has 0 bridgehead atoms. The van der Waals surface area contributed by atoms with Gasteiger partial charge in [-0.3, -0.25) is 4.79 Å². The Bertz CT molecular complexity index is 614. The van der Waals surface area contributed by atoms with E-state index in [-0.39, 0.29) is 11.5 Å². The van der Waals surface area contributed by atoms with Crippen LogP contribution in [0.3, 0.4) is 0 Å². The summed E-state index contributed by atoms with van der Waals surface area (Å²) in [5, 5.41) is 0. The summed E-state index contributed by atoms with van der Waals surface area (Å²) in [5.74, 6) is -0.328. The summed E-state index contributed by atoms with van der Waals surface area (Å²) in [6.45, 7) is 2.62. The Hall–Kier alpha value is -2.36. The van der Waals surface area contributed by atoms with Gasteiger partial charge in [-0.05, 0) is 30.7 Å². The topological polar surface area (TPSA) is 48.3 Å². The number of pyridine rings is 1. The van der Waals surface area contributed by atoms with Gasteiger partial charge in [-0.25, -0.2) is 4.79 Å². The van der Waals surface area contributed by atoms with Crippen LogP contribution in [0.15, 0.2) is 53.5 Å². The number of carbonyl (C=O) groups excluding carboxylic acids is 1. The maximum absolute atomic E-state index is 11.6. The number of hydrogen-bond acceptors (Lipinski definition) is 3. The highest BCUT2D eigenvalue weighted by Gasteiger charge is 2.05. The fourth-order valence-corrected chi connectivity index (χ4v) is 1.75. The van der Waals surface area contributed by atoms with Crippen LogP contribution in [0.2, 0.25) is 0 Å². The van der Waals surface area contributed by atoms with E-state index in [1.807, 2.05) is 18.2 Å². The number of carbonyl (C=O) groups is 1. The van der Waals surface area contributed by atoms with Gasteiger partial charge >= 0.3 is 5.97 Å². The lowest BCUT2D eigenvalue weighted by Gasteiger charge is -2.06. The Labute approximate surface area is 111 Å². The molecule has 0 saturated heterocycles. The van der Waals surface area contributed by atoms with Gasteiger partial charge in [0.2, 0.25) is 0 Å². The second-order valence-electron chi connectivity index (χ2n) is 4.08. The average molecular weight is 257 g/mol. The molecule has 0 N–H and O–H groups in total. The SMILES string of the molecule is CCOC(=O)c1ccc(Cn2ccccc2=O)cc1. The molecular formula is C15H15NO3. The highest BCUT2D eigenvalue weighted by Crippen LogP contribution is 2.07. The number of nitrogens with zero attached hydrogens (tertiary/aromatic N) is 1. The van der Waals surface area contributed by atoms with Crippen molar-refractivity contribution in [3.8, 4) is 0 Å². The summed E-state index contributed by atoms with van der Waals surface area (Å²) in [6, 6.07) is 12.1. The fraction of sp³-hybridized carbons (Fsp3) is 0.200. The van der Waals surface area contributed by atoms with Crippen LogP contribution in [-0.2, 0) is 11.3 Å². The largest absolute Gasteiger partial charge is 0.462 e. The van der Waals surface area contributed by atoms with Gasteiger partial charge in [0.1, 0.15) is 0 Å². The van der Waals surface area contributed by atoms with Gasteiger partial charge in [0.25, 0.3) is 5.56 Å². The van der Waals surface area contributed by atoms with Crippen LogP contribution in [0, 0.1) is 0 Å². The van der Waals surface area contributed by atoms with Crippen molar-refractivity contribution < 1.29 is 9.53 Å². The number of rotatable bonds is 4. The molecular weight excluding hydrogens is 242 g/mol. The number of benzene rings is 1. The smallest absolute Gasteiger partial charge is 0.338 e. The first-order chi connectivity index (χ1) is 9.20. The van der Waals surface area contributed by atoms with Crippen molar-refractivity contribution >= 4 is 5.97 Å². The minimum Gasteiger partial charge on any atom is -0.462 e. The van der Waals surface area contributed by atoms with Crippen LogP contribution in [0.4, 0.5) is 0 Å². The van der Waals surface area contributed by atoms with Crippen LogP contribution >= 0.6 is 0 Å². The molecule has 1 heterocycles. The summed E-state index contributed by atoms with van der Waals surface area (Å²) in [5.41, 5.74) is 1.43. The number of aromatic nitrogens is 1. The predicted octanol–water partition coefficient (Wildman–Crippen LogP) is 2.07. The summed E-state index contributed by atoms with van der Waals surface area (Å²) in [4.78, 5) is 23.1. The first-order valence-electron chi connectivity index (χ1n) is 6.12. The molecule has 4 heteroatoms. The van der Waals surface area contributed by atoms with Crippen molar-refractivity contribution in [2.24, 2.45) is 0 Å². The van der Waals surface area contributed by atoms with E-state index in [1.165, 1.54) is 6.07 Å². The lowest BCUT2D eigenvalue weighted by molar-refractivity contribution is 0.0526. The van der Waals surface area contributed by atoms with Crippen molar-refractivity contribution in [1.29, 1.82) is 0 Å². The number of hydrogen-bond donors (Lipinski definition) is 0. The molecule has 0 unspecified atom stereocenters. The summed E-state index contributed by atoms with van der Waals surface area (Å²) < 4.78 is 6.52. The van der Waals surface area contributed by atoms with E-state index in [9.17, 15) is 9.59 Å². The minimum atomic E-state index is -0.328. The van der Waals surface area contributed by atoms with Gasteiger partial charge in [0.05, 0.1) is 18.7 Å². The van der Waals surface area contributed by atoms with Crippen LogP contribution in [-0.4, -0.2) is 17.1 Å². The van der Waals surface area contributed by atoms with Crippen molar-refractivity contribution in [3.05, 3.63) is 70.1 Å². The van der Waals surface area contributed by atoms with E-state index in [2.05, 4.69) is 0 Å². The highest BCUT2D eigenvalue weighted by molar-refractivity contribution is 5.89. The molecule has 1 aromatic carbocycles. The molecule has 0 aliphatic rings. The van der Waals surface area contributed by atoms with Crippen molar-refractivity contribution in [1.82, 2.24) is 4.57 Å². The summed E-state index contributed by atoms with van der Waals surface area (Å²) >= 11 is 0. The Morgan fingerprint density at radius 2 is 1.89 bits per heavy atom. The lowest BCUT2D eigenvalue weighted by Crippen LogP contribution is -2.18. The van der Waals surface area contributed by atoms with E-state index in [1.54, 1.807) is 35.9 Å². The molecule has 19 heavy (non-hydrogen) atoms. The van der Waals surface area contributed by atoms with Crippen LogP contribution < -0.4 is 5.56 Å². The van der Waals surface area contributed by atoms with E-state index < -0.39 is 0 Å². The molecule has 0 fully saturated rings. The molecule has 1 aromatic heterocycles. The van der Waals surface area contributed by atoms with Crippen molar-refractivity contribution in [2.45, 2.75) is 13.5 Å². The minimum absolute atomic E-state index is 0.0445. The third-order valence-corrected chi connectivity index (χ3v) is 2.72. The van der Waals surface area contributed by atoms with E-state index in [0.29, 0.717) is 18.7 Å². The van der Waals surface area contributed by atoms with Crippen LogP contribution in [0.5, 0.6) is 0 Å². The highest BCUT2D eigenvalue weighted by atomic mass is 16.5. The average Bonchev–Trinajstić information content (AvgIpc) is 2.42. The standard InChI is InChI=1S/C15H15NO3/c1-2-19-15(18)13-8-6-12(7-9-13)11-16-10-4-3-5-14(16)17/h3-10H,2,11H2,1H3. The van der Waals surface area contributed by atoms with E-state index >= 15 is 0 Å². The van der Waals surface area contributed by atoms with Crippen molar-refractivity contribution in [2.75, 3.05) is 6.61 Å². The fourth-order valence-electron chi connectivity index (χ4n) is 1.75. The first-order valence-corrected chi connectivity index (χ1v) is 6.12. The van der Waals surface area contributed by atoms with Gasteiger partial charge in [-0.1, -0.05) is 18.2 Å². The van der Waals surface area contributed by atoms with Crippen LogP contribution in [0.25, 0.3) is 0 Å². The third-order valence-electron chi connectivity index (χ3n) is 2.72. The van der Waals surface area contributed by atoms with Crippen molar-refractivity contribution in [3.63, 3.8) is 0 Å². The molecule has 2 rings (SSSR count).